The lowest BCUT2D eigenvalue weighted by Crippen LogP contribution is -2.46. The second-order valence-electron chi connectivity index (χ2n) is 13.0. The Morgan fingerprint density at radius 1 is 0.758 bits per heavy atom. The first-order valence-corrected chi connectivity index (χ1v) is 20.3. The number of nitrogens with zero attached hydrogens (tertiary/aromatic N) is 5. The first kappa shape index (κ1) is 55.0. The summed E-state index contributed by atoms with van der Waals surface area (Å²) in [5.74, 6) is -1.03. The minimum atomic E-state index is -1.03. The molecule has 62 heavy (non-hydrogen) atoms. The highest BCUT2D eigenvalue weighted by Crippen LogP contribution is 2.25. The molecule has 2 aromatic rings. The van der Waals surface area contributed by atoms with Gasteiger partial charge in [-0.05, 0) is 44.6 Å². The molecule has 3 N–H and O–H groups in total. The number of nitrogens with one attached hydrogen (secondary N) is 2. The molecule has 0 unspecified atom stereocenters. The van der Waals surface area contributed by atoms with E-state index in [2.05, 4.69) is 20.9 Å². The van der Waals surface area contributed by atoms with Crippen LogP contribution >= 0.6 is 0 Å². The molecule has 0 spiro atoms. The Kier molecular flexibility index (Phi) is 33.4. The molecule has 24 heteroatoms. The molecule has 1 aromatic carbocycles. The fraction of sp³-hybridized carbons (Fsp3) is 0.711. The van der Waals surface area contributed by atoms with Crippen molar-refractivity contribution in [3.8, 4) is 0 Å². The monoisotopic (exact) mass is 887 g/mol. The number of amides is 2. The van der Waals surface area contributed by atoms with Crippen LogP contribution < -0.4 is 10.6 Å². The number of benzene rings is 1. The molecular formula is C38H61N7O17. The molecule has 0 radical (unpaired) electrons. The summed E-state index contributed by atoms with van der Waals surface area (Å²) in [7, 11) is 0. The zero-order valence-corrected chi connectivity index (χ0v) is 35.3. The number of hydrogen-bond acceptors (Lipinski definition) is 18. The van der Waals surface area contributed by atoms with Crippen LogP contribution in [-0.4, -0.2) is 160 Å². The van der Waals surface area contributed by atoms with Crippen LogP contribution in [0.25, 0.3) is 0 Å². The number of nitro benzene ring substituents is 2. The predicted octanol–water partition coefficient (Wildman–Crippen LogP) is 2.50. The number of carbonyl (C=O) groups excluding carboxylic acids is 3. The molecular weight excluding hydrogens is 826 g/mol. The normalized spacial score (nSPS) is 11.3. The molecule has 350 valence electrons. The molecule has 0 aliphatic rings. The molecule has 0 bridgehead atoms. The van der Waals surface area contributed by atoms with E-state index in [0.717, 1.165) is 31.0 Å². The van der Waals surface area contributed by atoms with Crippen LogP contribution in [0.3, 0.4) is 0 Å². The number of carboxylic acid groups (broad SMARTS) is 1. The number of carboxylic acids is 1. The van der Waals surface area contributed by atoms with Crippen LogP contribution in [0.5, 0.6) is 0 Å². The molecule has 0 fully saturated rings. The van der Waals surface area contributed by atoms with Crippen molar-refractivity contribution in [2.75, 3.05) is 106 Å². The number of hydrogen-bond donors (Lipinski definition) is 3. The lowest BCUT2D eigenvalue weighted by Gasteiger charge is -2.14. The number of ether oxygens (including phenoxy) is 8. The second-order valence-corrected chi connectivity index (χ2v) is 13.0. The number of aliphatic carboxylic acids is 1. The number of non-ortho nitro benzene ring substituents is 1. The Morgan fingerprint density at radius 3 is 1.76 bits per heavy atom. The summed E-state index contributed by atoms with van der Waals surface area (Å²) in [4.78, 5) is 60.0. The Hall–Kier alpha value is -5.04. The Labute approximate surface area is 359 Å². The molecule has 24 nitrogen and oxygen atoms in total. The number of urea groups is 1. The van der Waals surface area contributed by atoms with E-state index >= 15 is 0 Å². The van der Waals surface area contributed by atoms with Gasteiger partial charge in [0.25, 0.3) is 11.4 Å². The van der Waals surface area contributed by atoms with E-state index in [4.69, 9.17) is 52.6 Å². The minimum Gasteiger partial charge on any atom is -0.480 e. The first-order valence-electron chi connectivity index (χ1n) is 20.3. The van der Waals surface area contributed by atoms with Crippen LogP contribution in [0.2, 0.25) is 0 Å². The SMILES string of the molecule is CCC[C@H](NC(=O)NCCCCCn1cc(COCCOCCOCCOCCOCCOCCOCCOCCCc2ccc([N+](=O)[O-])cc2[N+](=O)[O-])nn1)C(=O)O.O=C=O. The largest absolute Gasteiger partial charge is 0.480 e. The highest BCUT2D eigenvalue weighted by molar-refractivity contribution is 5.82. The second kappa shape index (κ2) is 37.7. The van der Waals surface area contributed by atoms with Crippen molar-refractivity contribution in [2.45, 2.75) is 71.1 Å². The predicted molar refractivity (Wildman–Crippen MR) is 215 cm³/mol. The topological polar surface area (TPSA) is 303 Å². The van der Waals surface area contributed by atoms with Crippen molar-refractivity contribution in [1.82, 2.24) is 25.6 Å². The lowest BCUT2D eigenvalue weighted by atomic mass is 10.1. The van der Waals surface area contributed by atoms with E-state index in [1.54, 1.807) is 4.68 Å². The van der Waals surface area contributed by atoms with Gasteiger partial charge in [0.05, 0.1) is 121 Å². The number of nitro groups is 2. The zero-order valence-electron chi connectivity index (χ0n) is 35.3. The van der Waals surface area contributed by atoms with E-state index < -0.39 is 27.9 Å². The minimum absolute atomic E-state index is 0.250. The van der Waals surface area contributed by atoms with Gasteiger partial charge in [0, 0.05) is 31.3 Å². The van der Waals surface area contributed by atoms with E-state index in [0.29, 0.717) is 150 Å². The van der Waals surface area contributed by atoms with Gasteiger partial charge in [0.2, 0.25) is 0 Å². The molecule has 0 aliphatic heterocycles. The standard InChI is InChI=1S/C37H61N7O15.CO2/c1-2-7-34(36(45)46)39-37(47)38-11-4-3-5-12-42-29-32(40-41-42)30-59-27-26-58-25-24-57-23-22-56-21-20-55-19-18-54-17-16-53-15-14-52-13-6-8-31-9-10-33(43(48)49)28-35(31)44(50)51;2-1-3/h9-10,28-29,34H,2-8,11-27,30H2,1H3,(H,45,46)(H2,38,39,47);/t34-;/m0./s1. The smallest absolute Gasteiger partial charge is 0.373 e. The Morgan fingerprint density at radius 2 is 1.27 bits per heavy atom. The van der Waals surface area contributed by atoms with Gasteiger partial charge >= 0.3 is 18.2 Å². The third-order valence-electron chi connectivity index (χ3n) is 8.18. The van der Waals surface area contributed by atoms with Crippen LogP contribution in [-0.2, 0) is 71.9 Å². The number of unbranched alkanes of at least 4 members (excludes halogenated alkanes) is 2. The highest BCUT2D eigenvalue weighted by Gasteiger charge is 2.19. The third kappa shape index (κ3) is 29.3. The average molecular weight is 888 g/mol. The summed E-state index contributed by atoms with van der Waals surface area (Å²) in [6.45, 7) is 9.62. The molecule has 2 rings (SSSR count). The summed E-state index contributed by atoms with van der Waals surface area (Å²) < 4.78 is 45.7. The molecule has 0 saturated heterocycles. The van der Waals surface area contributed by atoms with E-state index in [1.165, 1.54) is 12.1 Å². The maximum atomic E-state index is 11.9. The van der Waals surface area contributed by atoms with Gasteiger partial charge in [0.15, 0.2) is 0 Å². The number of aromatic nitrogens is 3. The van der Waals surface area contributed by atoms with Crippen molar-refractivity contribution >= 4 is 29.5 Å². The van der Waals surface area contributed by atoms with Gasteiger partial charge in [0.1, 0.15) is 11.7 Å². The van der Waals surface area contributed by atoms with Crippen LogP contribution in [0.1, 0.15) is 56.7 Å². The fourth-order valence-corrected chi connectivity index (χ4v) is 5.17. The van der Waals surface area contributed by atoms with Gasteiger partial charge < -0.3 is 53.6 Å². The average Bonchev–Trinajstić information content (AvgIpc) is 3.70. The summed E-state index contributed by atoms with van der Waals surface area (Å²) >= 11 is 0. The third-order valence-corrected chi connectivity index (χ3v) is 8.18. The summed E-state index contributed by atoms with van der Waals surface area (Å²) in [6.07, 6.45) is 6.53. The maximum absolute atomic E-state index is 11.9. The Bertz CT molecular complexity index is 1550. The maximum Gasteiger partial charge on any atom is 0.373 e. The highest BCUT2D eigenvalue weighted by atomic mass is 16.6. The van der Waals surface area contributed by atoms with Gasteiger partial charge in [-0.3, -0.25) is 24.9 Å². The molecule has 2 amide bonds. The number of aryl methyl sites for hydroxylation is 2. The quantitative estimate of drug-likeness (QED) is 0.0493. The van der Waals surface area contributed by atoms with E-state index in [9.17, 15) is 29.8 Å². The summed E-state index contributed by atoms with van der Waals surface area (Å²) in [5.41, 5.74) is 0.576. The molecule has 1 heterocycles. The van der Waals surface area contributed by atoms with Crippen LogP contribution in [0.15, 0.2) is 24.4 Å². The van der Waals surface area contributed by atoms with Gasteiger partial charge in [-0.2, -0.15) is 9.59 Å². The molecule has 1 aromatic heterocycles. The van der Waals surface area contributed by atoms with Crippen molar-refractivity contribution in [1.29, 1.82) is 0 Å². The fourth-order valence-electron chi connectivity index (χ4n) is 5.17. The summed E-state index contributed by atoms with van der Waals surface area (Å²) in [5, 5.41) is 44.6. The van der Waals surface area contributed by atoms with E-state index in [-0.39, 0.29) is 17.5 Å². The van der Waals surface area contributed by atoms with Gasteiger partial charge in [-0.25, -0.2) is 9.59 Å². The van der Waals surface area contributed by atoms with Gasteiger partial charge in [-0.15, -0.1) is 5.10 Å². The van der Waals surface area contributed by atoms with Gasteiger partial charge in [-0.1, -0.05) is 18.6 Å². The molecule has 1 atom stereocenters. The lowest BCUT2D eigenvalue weighted by molar-refractivity contribution is -0.394. The summed E-state index contributed by atoms with van der Waals surface area (Å²) in [6, 6.07) is 2.31. The van der Waals surface area contributed by atoms with Crippen molar-refractivity contribution in [3.05, 3.63) is 55.9 Å². The molecule has 0 saturated carbocycles. The van der Waals surface area contributed by atoms with Crippen molar-refractivity contribution in [3.63, 3.8) is 0 Å². The van der Waals surface area contributed by atoms with E-state index in [1.807, 2.05) is 13.1 Å². The number of carbonyl (C=O) groups is 2. The molecule has 0 aliphatic carbocycles. The van der Waals surface area contributed by atoms with Crippen molar-refractivity contribution in [2.24, 2.45) is 0 Å². The number of rotatable bonds is 39. The zero-order chi connectivity index (χ0) is 45.5. The Balaban J connectivity index is 0.00000621. The first-order chi connectivity index (χ1) is 30.1. The van der Waals surface area contributed by atoms with Crippen LogP contribution in [0, 0.1) is 20.2 Å². The van der Waals surface area contributed by atoms with Crippen LogP contribution in [0.4, 0.5) is 16.2 Å². The van der Waals surface area contributed by atoms with Crippen molar-refractivity contribution < 1.29 is 72.0 Å².